The monoisotopic (exact) mass is 300 g/mol. The lowest BCUT2D eigenvalue weighted by Gasteiger charge is -2.07. The van der Waals surface area contributed by atoms with E-state index in [1.165, 1.54) is 0 Å². The van der Waals surface area contributed by atoms with Gasteiger partial charge in [0.15, 0.2) is 0 Å². The quantitative estimate of drug-likeness (QED) is 0.844. The minimum atomic E-state index is -4.17. The number of rotatable bonds is 2. The van der Waals surface area contributed by atoms with Crippen LogP contribution in [0.2, 0.25) is 0 Å². The van der Waals surface area contributed by atoms with Gasteiger partial charge in [0.05, 0.1) is 10.9 Å². The van der Waals surface area contributed by atoms with Crippen LogP contribution in [0.1, 0.15) is 17.9 Å². The largest absolute Gasteiger partial charge is 0.389 e. The van der Waals surface area contributed by atoms with Gasteiger partial charge in [0.1, 0.15) is 10.5 Å². The molecule has 0 fully saturated rings. The molecule has 15 heavy (non-hydrogen) atoms. The van der Waals surface area contributed by atoms with E-state index < -0.39 is 12.6 Å². The van der Waals surface area contributed by atoms with Crippen LogP contribution in [-0.2, 0) is 6.42 Å². The van der Waals surface area contributed by atoms with E-state index in [0.29, 0.717) is 10.2 Å². The number of nitrogens with zero attached hydrogens (tertiary/aromatic N) is 1. The normalized spacial score (nSPS) is 11.8. The Morgan fingerprint density at radius 3 is 2.53 bits per heavy atom. The van der Waals surface area contributed by atoms with E-state index >= 15 is 0 Å². The first kappa shape index (κ1) is 12.6. The zero-order chi connectivity index (χ0) is 11.6. The fourth-order valence-corrected chi connectivity index (χ4v) is 1.46. The molecule has 0 saturated carbocycles. The van der Waals surface area contributed by atoms with Crippen LogP contribution in [0, 0.1) is 11.6 Å². The van der Waals surface area contributed by atoms with Gasteiger partial charge in [0, 0.05) is 12.1 Å². The van der Waals surface area contributed by atoms with Crippen molar-refractivity contribution >= 4 is 28.1 Å². The summed E-state index contributed by atoms with van der Waals surface area (Å²) in [6.07, 6.45) is -5.24. The van der Waals surface area contributed by atoms with Gasteiger partial charge >= 0.3 is 6.18 Å². The number of aromatic nitrogens is 2. The number of aryl methyl sites for hydroxylation is 2. The van der Waals surface area contributed by atoms with Gasteiger partial charge in [-0.2, -0.15) is 13.2 Å². The SMILES string of the molecule is Cc1[nH]c(CCC(F)(F)F)nc(=S)c1Br. The maximum atomic E-state index is 11.9. The summed E-state index contributed by atoms with van der Waals surface area (Å²) in [6, 6.07) is 0. The summed E-state index contributed by atoms with van der Waals surface area (Å²) in [5, 5.41) is 0. The molecule has 1 aromatic rings. The van der Waals surface area contributed by atoms with Crippen LogP contribution in [0.4, 0.5) is 13.2 Å². The van der Waals surface area contributed by atoms with Gasteiger partial charge in [-0.1, -0.05) is 12.2 Å². The predicted octanol–water partition coefficient (Wildman–Crippen LogP) is 3.71. The minimum absolute atomic E-state index is 0.179. The minimum Gasteiger partial charge on any atom is -0.346 e. The molecular weight excluding hydrogens is 293 g/mol. The Labute approximate surface area is 98.1 Å². The highest BCUT2D eigenvalue weighted by atomic mass is 79.9. The molecule has 0 aliphatic heterocycles. The Bertz CT molecular complexity index is 413. The molecule has 0 aliphatic rings. The van der Waals surface area contributed by atoms with E-state index in [4.69, 9.17) is 12.2 Å². The molecule has 0 radical (unpaired) electrons. The maximum absolute atomic E-state index is 11.9. The van der Waals surface area contributed by atoms with E-state index in [0.717, 1.165) is 0 Å². The zero-order valence-corrected chi connectivity index (χ0v) is 10.2. The third-order valence-electron chi connectivity index (χ3n) is 1.73. The third kappa shape index (κ3) is 3.90. The van der Waals surface area contributed by atoms with Gasteiger partial charge in [-0.25, -0.2) is 4.98 Å². The average Bonchev–Trinajstić information content (AvgIpc) is 2.09. The van der Waals surface area contributed by atoms with E-state index in [9.17, 15) is 13.2 Å². The summed E-state index contributed by atoms with van der Waals surface area (Å²) >= 11 is 8.06. The smallest absolute Gasteiger partial charge is 0.346 e. The Morgan fingerprint density at radius 2 is 2.07 bits per heavy atom. The molecule has 2 nitrogen and oxygen atoms in total. The first-order chi connectivity index (χ1) is 6.79. The second kappa shape index (κ2) is 4.61. The van der Waals surface area contributed by atoms with Crippen LogP contribution in [-0.4, -0.2) is 16.1 Å². The fourth-order valence-electron chi connectivity index (χ4n) is 1.01. The summed E-state index contributed by atoms with van der Waals surface area (Å²) in [5.41, 5.74) is 0.687. The first-order valence-electron chi connectivity index (χ1n) is 4.11. The number of H-pyrrole nitrogens is 1. The van der Waals surface area contributed by atoms with Gasteiger partial charge < -0.3 is 4.98 Å². The Kier molecular flexibility index (Phi) is 3.88. The van der Waals surface area contributed by atoms with Crippen LogP contribution >= 0.6 is 28.1 Å². The molecule has 1 N–H and O–H groups in total. The maximum Gasteiger partial charge on any atom is 0.389 e. The Balaban J connectivity index is 2.84. The Hall–Kier alpha value is -0.430. The van der Waals surface area contributed by atoms with E-state index in [1.54, 1.807) is 6.92 Å². The standard InChI is InChI=1S/C8H8BrF3N2S/c1-4-6(9)7(15)14-5(13-4)2-3-8(10,11)12/h2-3H2,1H3,(H,13,14,15). The summed E-state index contributed by atoms with van der Waals surface area (Å²) in [6.45, 7) is 1.72. The zero-order valence-electron chi connectivity index (χ0n) is 7.78. The van der Waals surface area contributed by atoms with Gasteiger partial charge in [-0.15, -0.1) is 0 Å². The van der Waals surface area contributed by atoms with Gasteiger partial charge in [-0.3, -0.25) is 0 Å². The molecule has 0 aromatic carbocycles. The molecule has 1 heterocycles. The topological polar surface area (TPSA) is 28.7 Å². The first-order valence-corrected chi connectivity index (χ1v) is 5.32. The number of aromatic amines is 1. The molecule has 1 aromatic heterocycles. The van der Waals surface area contributed by atoms with Crippen molar-refractivity contribution in [1.82, 2.24) is 9.97 Å². The van der Waals surface area contributed by atoms with Crippen LogP contribution in [0.25, 0.3) is 0 Å². The molecular formula is C8H8BrF3N2S. The highest BCUT2D eigenvalue weighted by Gasteiger charge is 2.26. The molecule has 0 saturated heterocycles. The average molecular weight is 301 g/mol. The molecule has 0 aliphatic carbocycles. The molecule has 0 amide bonds. The van der Waals surface area contributed by atoms with Gasteiger partial charge in [0.25, 0.3) is 0 Å². The van der Waals surface area contributed by atoms with Crippen molar-refractivity contribution in [2.75, 3.05) is 0 Å². The second-order valence-corrected chi connectivity index (χ2v) is 4.22. The molecule has 0 bridgehead atoms. The van der Waals surface area contributed by atoms with Crippen LogP contribution in [0.15, 0.2) is 4.47 Å². The van der Waals surface area contributed by atoms with E-state index in [-0.39, 0.29) is 16.9 Å². The lowest BCUT2D eigenvalue weighted by atomic mass is 10.3. The summed E-state index contributed by atoms with van der Waals surface area (Å²) in [4.78, 5) is 6.61. The van der Waals surface area contributed by atoms with Crippen LogP contribution in [0.3, 0.4) is 0 Å². The molecule has 1 rings (SSSR count). The van der Waals surface area contributed by atoms with Crippen molar-refractivity contribution in [3.05, 3.63) is 20.6 Å². The van der Waals surface area contributed by atoms with Crippen molar-refractivity contribution in [2.24, 2.45) is 0 Å². The number of nitrogens with one attached hydrogen (secondary N) is 1. The number of alkyl halides is 3. The third-order valence-corrected chi connectivity index (χ3v) is 3.26. The fraction of sp³-hybridized carbons (Fsp3) is 0.500. The predicted molar refractivity (Wildman–Crippen MR) is 56.2 cm³/mol. The molecule has 84 valence electrons. The molecule has 0 unspecified atom stereocenters. The number of halogens is 4. The van der Waals surface area contributed by atoms with Crippen LogP contribution < -0.4 is 0 Å². The second-order valence-electron chi connectivity index (χ2n) is 3.04. The molecule has 0 spiro atoms. The molecule has 0 atom stereocenters. The summed E-state index contributed by atoms with van der Waals surface area (Å²) in [7, 11) is 0. The number of hydrogen-bond acceptors (Lipinski definition) is 2. The molecule has 7 heteroatoms. The van der Waals surface area contributed by atoms with Crippen molar-refractivity contribution in [1.29, 1.82) is 0 Å². The van der Waals surface area contributed by atoms with Crippen molar-refractivity contribution in [3.63, 3.8) is 0 Å². The van der Waals surface area contributed by atoms with Gasteiger partial charge in [0.2, 0.25) is 0 Å². The lowest BCUT2D eigenvalue weighted by Crippen LogP contribution is -2.10. The Morgan fingerprint density at radius 1 is 1.47 bits per heavy atom. The van der Waals surface area contributed by atoms with E-state index in [1.807, 2.05) is 0 Å². The summed E-state index contributed by atoms with van der Waals surface area (Å²) < 4.78 is 36.7. The van der Waals surface area contributed by atoms with Crippen molar-refractivity contribution < 1.29 is 13.2 Å². The van der Waals surface area contributed by atoms with Crippen LogP contribution in [0.5, 0.6) is 0 Å². The van der Waals surface area contributed by atoms with Crippen molar-refractivity contribution in [2.45, 2.75) is 25.9 Å². The lowest BCUT2D eigenvalue weighted by molar-refractivity contribution is -0.134. The highest BCUT2D eigenvalue weighted by molar-refractivity contribution is 9.10. The number of hydrogen-bond donors (Lipinski definition) is 1. The van der Waals surface area contributed by atoms with Gasteiger partial charge in [-0.05, 0) is 22.9 Å². The van der Waals surface area contributed by atoms with E-state index in [2.05, 4.69) is 25.9 Å². The highest BCUT2D eigenvalue weighted by Crippen LogP contribution is 2.22. The summed E-state index contributed by atoms with van der Waals surface area (Å²) in [5.74, 6) is 0.262. The van der Waals surface area contributed by atoms with Crippen molar-refractivity contribution in [3.8, 4) is 0 Å².